The maximum atomic E-state index is 10.1. The Bertz CT molecular complexity index is 420. The van der Waals surface area contributed by atoms with E-state index in [0.717, 1.165) is 44.0 Å². The zero-order chi connectivity index (χ0) is 15.1. The van der Waals surface area contributed by atoms with Crippen LogP contribution in [-0.2, 0) is 6.54 Å². The Morgan fingerprint density at radius 1 is 1.19 bits per heavy atom. The van der Waals surface area contributed by atoms with Crippen LogP contribution in [0.3, 0.4) is 0 Å². The third-order valence-corrected chi connectivity index (χ3v) is 4.00. The highest BCUT2D eigenvalue weighted by molar-refractivity contribution is 5.32. The highest BCUT2D eigenvalue weighted by atomic mass is 16.5. The van der Waals surface area contributed by atoms with Crippen molar-refractivity contribution in [3.8, 4) is 5.75 Å². The Labute approximate surface area is 127 Å². The lowest BCUT2D eigenvalue weighted by molar-refractivity contribution is 0.0469. The molecular weight excluding hydrogens is 266 g/mol. The van der Waals surface area contributed by atoms with E-state index in [2.05, 4.69) is 16.7 Å². The number of β-amino-alcohol motifs (C(OH)–C–C–N with tert-alkyl or cyclic N) is 1. The van der Waals surface area contributed by atoms with Gasteiger partial charge in [-0.2, -0.15) is 0 Å². The van der Waals surface area contributed by atoms with E-state index in [1.165, 1.54) is 0 Å². The van der Waals surface area contributed by atoms with Gasteiger partial charge < -0.3 is 20.5 Å². The van der Waals surface area contributed by atoms with Crippen LogP contribution in [0.25, 0.3) is 0 Å². The summed E-state index contributed by atoms with van der Waals surface area (Å²) in [4.78, 5) is 4.73. The summed E-state index contributed by atoms with van der Waals surface area (Å²) in [5, 5.41) is 10.1. The molecule has 21 heavy (non-hydrogen) atoms. The average Bonchev–Trinajstić information content (AvgIpc) is 2.54. The van der Waals surface area contributed by atoms with Gasteiger partial charge in [0.25, 0.3) is 0 Å². The normalized spacial score (nSPS) is 18.6. The molecule has 1 heterocycles. The van der Waals surface area contributed by atoms with E-state index in [4.69, 9.17) is 10.5 Å². The zero-order valence-electron chi connectivity index (χ0n) is 12.9. The van der Waals surface area contributed by atoms with E-state index < -0.39 is 6.10 Å². The van der Waals surface area contributed by atoms with Crippen LogP contribution in [0.2, 0.25) is 0 Å². The maximum absolute atomic E-state index is 10.1. The number of hydrogen-bond donors (Lipinski definition) is 2. The molecule has 118 valence electrons. The van der Waals surface area contributed by atoms with E-state index in [0.29, 0.717) is 19.7 Å². The van der Waals surface area contributed by atoms with Crippen LogP contribution in [0, 0.1) is 0 Å². The molecule has 1 fully saturated rings. The minimum absolute atomic E-state index is 0.311. The predicted octanol–water partition coefficient (Wildman–Crippen LogP) is 0.522. The van der Waals surface area contributed by atoms with Gasteiger partial charge in [0.15, 0.2) is 0 Å². The summed E-state index contributed by atoms with van der Waals surface area (Å²) < 4.78 is 5.71. The van der Waals surface area contributed by atoms with E-state index in [9.17, 15) is 5.11 Å². The molecule has 0 amide bonds. The highest BCUT2D eigenvalue weighted by Crippen LogP contribution is 2.17. The molecule has 1 aromatic rings. The molecule has 3 N–H and O–H groups in total. The fourth-order valence-corrected chi connectivity index (χ4v) is 2.64. The third-order valence-electron chi connectivity index (χ3n) is 4.00. The predicted molar refractivity (Wildman–Crippen MR) is 84.4 cm³/mol. The molecule has 0 aromatic heterocycles. The first kappa shape index (κ1) is 16.2. The minimum Gasteiger partial charge on any atom is -0.491 e. The van der Waals surface area contributed by atoms with Crippen LogP contribution >= 0.6 is 0 Å². The van der Waals surface area contributed by atoms with Gasteiger partial charge >= 0.3 is 0 Å². The topological polar surface area (TPSA) is 62.0 Å². The summed E-state index contributed by atoms with van der Waals surface area (Å²) in [6.07, 6.45) is -0.469. The second-order valence-corrected chi connectivity index (χ2v) is 5.51. The summed E-state index contributed by atoms with van der Waals surface area (Å²) in [6, 6.07) is 7.71. The number of aliphatic hydroxyl groups is 1. The molecule has 0 saturated carbocycles. The van der Waals surface area contributed by atoms with Crippen molar-refractivity contribution < 1.29 is 9.84 Å². The number of hydrogen-bond acceptors (Lipinski definition) is 5. The molecule has 1 aliphatic heterocycles. The van der Waals surface area contributed by atoms with E-state index in [-0.39, 0.29) is 0 Å². The number of rotatable bonds is 7. The second-order valence-electron chi connectivity index (χ2n) is 5.51. The largest absolute Gasteiger partial charge is 0.491 e. The molecule has 0 spiro atoms. The number of para-hydroxylation sites is 1. The smallest absolute Gasteiger partial charge is 0.123 e. The van der Waals surface area contributed by atoms with Crippen LogP contribution in [0.15, 0.2) is 24.3 Å². The molecule has 1 atom stereocenters. The van der Waals surface area contributed by atoms with Crippen molar-refractivity contribution in [3.63, 3.8) is 0 Å². The molecule has 0 bridgehead atoms. The number of benzene rings is 1. The third kappa shape index (κ3) is 4.97. The number of aliphatic hydroxyl groups excluding tert-OH is 1. The Morgan fingerprint density at radius 3 is 2.52 bits per heavy atom. The molecule has 0 radical (unpaired) electrons. The van der Waals surface area contributed by atoms with Gasteiger partial charge in [0.05, 0.1) is 0 Å². The lowest BCUT2D eigenvalue weighted by atomic mass is 10.2. The van der Waals surface area contributed by atoms with Crippen molar-refractivity contribution >= 4 is 0 Å². The van der Waals surface area contributed by atoms with E-state index >= 15 is 0 Å². The van der Waals surface area contributed by atoms with E-state index in [1.54, 1.807) is 0 Å². The SMILES string of the molecule is CCN1CCN(CC(O)COc2ccccc2CN)CC1. The standard InChI is InChI=1S/C16H27N3O2/c1-2-18-7-9-19(10-8-18)12-15(20)13-21-16-6-4-3-5-14(16)11-17/h3-6,15,20H,2,7-13,17H2,1H3. The van der Waals surface area contributed by atoms with Gasteiger partial charge in [-0.25, -0.2) is 0 Å². The number of likely N-dealkylation sites (N-methyl/N-ethyl adjacent to an activating group) is 1. The first-order valence-electron chi connectivity index (χ1n) is 7.76. The lowest BCUT2D eigenvalue weighted by Crippen LogP contribution is -2.49. The number of piperazine rings is 1. The van der Waals surface area contributed by atoms with Gasteiger partial charge in [0, 0.05) is 44.8 Å². The Balaban J connectivity index is 1.73. The molecule has 2 rings (SSSR count). The molecular formula is C16H27N3O2. The van der Waals surface area contributed by atoms with Crippen molar-refractivity contribution in [2.45, 2.75) is 19.6 Å². The van der Waals surface area contributed by atoms with Gasteiger partial charge in [-0.15, -0.1) is 0 Å². The fraction of sp³-hybridized carbons (Fsp3) is 0.625. The molecule has 0 aliphatic carbocycles. The van der Waals surface area contributed by atoms with Crippen LogP contribution in [0.5, 0.6) is 5.75 Å². The fourth-order valence-electron chi connectivity index (χ4n) is 2.64. The monoisotopic (exact) mass is 293 g/mol. The summed E-state index contributed by atoms with van der Waals surface area (Å²) in [6.45, 7) is 8.93. The highest BCUT2D eigenvalue weighted by Gasteiger charge is 2.18. The first-order chi connectivity index (χ1) is 10.2. The van der Waals surface area contributed by atoms with Gasteiger partial charge in [0.1, 0.15) is 18.5 Å². The van der Waals surface area contributed by atoms with Crippen LogP contribution in [0.4, 0.5) is 0 Å². The number of nitrogens with zero attached hydrogens (tertiary/aromatic N) is 2. The van der Waals surface area contributed by atoms with Crippen molar-refractivity contribution in [1.29, 1.82) is 0 Å². The first-order valence-corrected chi connectivity index (χ1v) is 7.76. The summed E-state index contributed by atoms with van der Waals surface area (Å²) in [5.41, 5.74) is 6.65. The lowest BCUT2D eigenvalue weighted by Gasteiger charge is -2.34. The quantitative estimate of drug-likeness (QED) is 0.767. The van der Waals surface area contributed by atoms with Gasteiger partial charge in [-0.1, -0.05) is 25.1 Å². The Hall–Kier alpha value is -1.14. The molecule has 1 aliphatic rings. The summed E-state index contributed by atoms with van der Waals surface area (Å²) >= 11 is 0. The van der Waals surface area contributed by atoms with Crippen molar-refractivity contribution in [2.24, 2.45) is 5.73 Å². The van der Waals surface area contributed by atoms with Crippen LogP contribution < -0.4 is 10.5 Å². The Kier molecular flexibility index (Phi) is 6.45. The van der Waals surface area contributed by atoms with Crippen molar-refractivity contribution in [2.75, 3.05) is 45.9 Å². The number of ether oxygens (including phenoxy) is 1. The van der Waals surface area contributed by atoms with Crippen LogP contribution in [0.1, 0.15) is 12.5 Å². The van der Waals surface area contributed by atoms with Gasteiger partial charge in [0.2, 0.25) is 0 Å². The molecule has 5 heteroatoms. The van der Waals surface area contributed by atoms with E-state index in [1.807, 2.05) is 24.3 Å². The van der Waals surface area contributed by atoms with Crippen molar-refractivity contribution in [3.05, 3.63) is 29.8 Å². The summed E-state index contributed by atoms with van der Waals surface area (Å²) in [5.74, 6) is 0.773. The number of nitrogens with two attached hydrogens (primary N) is 1. The van der Waals surface area contributed by atoms with Gasteiger partial charge in [-0.05, 0) is 12.6 Å². The molecule has 1 saturated heterocycles. The molecule has 1 unspecified atom stereocenters. The molecule has 1 aromatic carbocycles. The second kappa shape index (κ2) is 8.34. The molecule has 5 nitrogen and oxygen atoms in total. The van der Waals surface area contributed by atoms with Crippen molar-refractivity contribution in [1.82, 2.24) is 9.80 Å². The van der Waals surface area contributed by atoms with Gasteiger partial charge in [-0.3, -0.25) is 4.90 Å². The Morgan fingerprint density at radius 2 is 1.86 bits per heavy atom. The maximum Gasteiger partial charge on any atom is 0.123 e. The minimum atomic E-state index is -0.469. The average molecular weight is 293 g/mol. The van der Waals surface area contributed by atoms with Crippen LogP contribution in [-0.4, -0.2) is 66.9 Å². The zero-order valence-corrected chi connectivity index (χ0v) is 12.9. The summed E-state index contributed by atoms with van der Waals surface area (Å²) in [7, 11) is 0.